The lowest BCUT2D eigenvalue weighted by Gasteiger charge is -2.13. The van der Waals surface area contributed by atoms with Crippen LogP contribution in [0.5, 0.6) is 0 Å². The molecule has 2 fully saturated rings. The van der Waals surface area contributed by atoms with Gasteiger partial charge in [-0.1, -0.05) is 64.0 Å². The third-order valence-electron chi connectivity index (χ3n) is 3.44. The summed E-state index contributed by atoms with van der Waals surface area (Å²) in [6.45, 7) is 0. The van der Waals surface area contributed by atoms with Gasteiger partial charge in [0.2, 0.25) is 0 Å². The highest BCUT2D eigenvalue weighted by molar-refractivity contribution is 9.25. The predicted molar refractivity (Wildman–Crippen MR) is 59.9 cm³/mol. The zero-order valence-corrected chi connectivity index (χ0v) is 10.5. The Hall–Kier alpha value is 0.960. The molecule has 0 aromatic heterocycles. The van der Waals surface area contributed by atoms with Crippen LogP contribution in [0.15, 0.2) is 0 Å². The van der Waals surface area contributed by atoms with Gasteiger partial charge < -0.3 is 0 Å². The summed E-state index contributed by atoms with van der Waals surface area (Å²) in [4.78, 5) is 0. The Balaban J connectivity index is 2.02. The molecular formula is C10H16Br2. The Bertz CT molecular complexity index is 149. The van der Waals surface area contributed by atoms with Gasteiger partial charge in [-0.25, -0.2) is 0 Å². The molecule has 2 atom stereocenters. The van der Waals surface area contributed by atoms with Gasteiger partial charge in [-0.3, -0.25) is 0 Å². The van der Waals surface area contributed by atoms with Crippen LogP contribution < -0.4 is 0 Å². The molecule has 70 valence electrons. The van der Waals surface area contributed by atoms with E-state index in [4.69, 9.17) is 0 Å². The molecule has 0 bridgehead atoms. The predicted octanol–water partition coefficient (Wildman–Crippen LogP) is 4.46. The van der Waals surface area contributed by atoms with E-state index in [1.54, 1.807) is 0 Å². The summed E-state index contributed by atoms with van der Waals surface area (Å²) in [6.07, 6.45) is 10.1. The van der Waals surface area contributed by atoms with E-state index in [0.29, 0.717) is 3.23 Å². The molecule has 0 spiro atoms. The minimum atomic E-state index is 0.298. The van der Waals surface area contributed by atoms with E-state index < -0.39 is 0 Å². The molecule has 0 amide bonds. The lowest BCUT2D eigenvalue weighted by atomic mass is 9.92. The second-order valence-corrected chi connectivity index (χ2v) is 8.52. The first-order chi connectivity index (χ1) is 5.67. The Kier molecular flexibility index (Phi) is 2.86. The van der Waals surface area contributed by atoms with Crippen molar-refractivity contribution in [3.63, 3.8) is 0 Å². The van der Waals surface area contributed by atoms with Crippen LogP contribution in [0.3, 0.4) is 0 Å². The fourth-order valence-corrected chi connectivity index (χ4v) is 4.51. The van der Waals surface area contributed by atoms with Gasteiger partial charge in [0, 0.05) is 0 Å². The highest BCUT2D eigenvalue weighted by Gasteiger charge is 2.41. The summed E-state index contributed by atoms with van der Waals surface area (Å²) in [6, 6.07) is 0. The van der Waals surface area contributed by atoms with Crippen LogP contribution >= 0.6 is 31.9 Å². The SMILES string of the molecule is BrC1(Br)CC2CCCCCC2C1. The van der Waals surface area contributed by atoms with Gasteiger partial charge in [0.05, 0.1) is 3.23 Å². The van der Waals surface area contributed by atoms with Crippen LogP contribution in [0.25, 0.3) is 0 Å². The number of fused-ring (bicyclic) bond motifs is 1. The van der Waals surface area contributed by atoms with Gasteiger partial charge in [0.15, 0.2) is 0 Å². The average Bonchev–Trinajstić information content (AvgIpc) is 2.17. The molecular weight excluding hydrogens is 280 g/mol. The monoisotopic (exact) mass is 294 g/mol. The van der Waals surface area contributed by atoms with Crippen LogP contribution in [-0.4, -0.2) is 3.23 Å². The summed E-state index contributed by atoms with van der Waals surface area (Å²) in [7, 11) is 0. The molecule has 2 aliphatic rings. The fraction of sp³-hybridized carbons (Fsp3) is 1.00. The molecule has 0 saturated heterocycles. The van der Waals surface area contributed by atoms with Crippen molar-refractivity contribution in [3.05, 3.63) is 0 Å². The first-order valence-corrected chi connectivity index (χ1v) is 6.64. The lowest BCUT2D eigenvalue weighted by Crippen LogP contribution is -2.04. The molecule has 2 rings (SSSR count). The maximum Gasteiger partial charge on any atom is 0.0811 e. The van der Waals surface area contributed by atoms with Gasteiger partial charge in [-0.15, -0.1) is 0 Å². The third-order valence-corrected chi connectivity index (χ3v) is 4.73. The van der Waals surface area contributed by atoms with Gasteiger partial charge in [0.1, 0.15) is 0 Å². The van der Waals surface area contributed by atoms with Gasteiger partial charge in [-0.05, 0) is 24.7 Å². The maximum absolute atomic E-state index is 3.77. The van der Waals surface area contributed by atoms with Gasteiger partial charge >= 0.3 is 0 Å². The van der Waals surface area contributed by atoms with Crippen molar-refractivity contribution >= 4 is 31.9 Å². The van der Waals surface area contributed by atoms with Gasteiger partial charge in [-0.2, -0.15) is 0 Å². The third kappa shape index (κ3) is 2.06. The first kappa shape index (κ1) is 9.51. The zero-order chi connectivity index (χ0) is 8.60. The molecule has 0 aromatic carbocycles. The number of halogens is 2. The zero-order valence-electron chi connectivity index (χ0n) is 7.36. The van der Waals surface area contributed by atoms with E-state index in [1.807, 2.05) is 0 Å². The largest absolute Gasteiger partial charge is 0.0811 e. The molecule has 0 nitrogen and oxygen atoms in total. The normalized spacial score (nSPS) is 40.5. The Morgan fingerprint density at radius 3 is 1.83 bits per heavy atom. The van der Waals surface area contributed by atoms with E-state index in [-0.39, 0.29) is 0 Å². The number of hydrogen-bond acceptors (Lipinski definition) is 0. The molecule has 2 unspecified atom stereocenters. The Morgan fingerprint density at radius 1 is 0.833 bits per heavy atom. The average molecular weight is 296 g/mol. The molecule has 0 aliphatic heterocycles. The standard InChI is InChI=1S/C10H16Br2/c11-10(12)6-8-4-2-1-3-5-9(8)7-10/h8-9H,1-7H2. The second kappa shape index (κ2) is 3.61. The first-order valence-electron chi connectivity index (χ1n) is 5.05. The minimum absolute atomic E-state index is 0.298. The maximum atomic E-state index is 3.77. The summed E-state index contributed by atoms with van der Waals surface area (Å²) in [5, 5.41) is 0. The van der Waals surface area contributed by atoms with Crippen molar-refractivity contribution in [1.29, 1.82) is 0 Å². The topological polar surface area (TPSA) is 0 Å². The Labute approximate surface area is 91.7 Å². The molecule has 0 heterocycles. The summed E-state index contributed by atoms with van der Waals surface area (Å²) in [5.74, 6) is 2.01. The Morgan fingerprint density at radius 2 is 1.33 bits per heavy atom. The van der Waals surface area contributed by atoms with Crippen molar-refractivity contribution in [2.24, 2.45) is 11.8 Å². The van der Waals surface area contributed by atoms with Crippen LogP contribution in [0, 0.1) is 11.8 Å². The van der Waals surface area contributed by atoms with Crippen LogP contribution in [0.4, 0.5) is 0 Å². The van der Waals surface area contributed by atoms with E-state index in [1.165, 1.54) is 44.9 Å². The van der Waals surface area contributed by atoms with Crippen LogP contribution in [-0.2, 0) is 0 Å². The molecule has 2 aliphatic carbocycles. The van der Waals surface area contributed by atoms with E-state index in [2.05, 4.69) is 31.9 Å². The van der Waals surface area contributed by atoms with E-state index >= 15 is 0 Å². The van der Waals surface area contributed by atoms with E-state index in [9.17, 15) is 0 Å². The number of hydrogen-bond donors (Lipinski definition) is 0. The number of alkyl halides is 2. The smallest absolute Gasteiger partial charge is 0.0727 e. The lowest BCUT2D eigenvalue weighted by molar-refractivity contribution is 0.367. The van der Waals surface area contributed by atoms with Crippen molar-refractivity contribution in [1.82, 2.24) is 0 Å². The van der Waals surface area contributed by atoms with Crippen LogP contribution in [0.1, 0.15) is 44.9 Å². The van der Waals surface area contributed by atoms with Crippen molar-refractivity contribution in [2.75, 3.05) is 0 Å². The highest BCUT2D eigenvalue weighted by atomic mass is 79.9. The quantitative estimate of drug-likeness (QED) is 0.579. The minimum Gasteiger partial charge on any atom is -0.0727 e. The van der Waals surface area contributed by atoms with Gasteiger partial charge in [0.25, 0.3) is 0 Å². The molecule has 0 radical (unpaired) electrons. The summed E-state index contributed by atoms with van der Waals surface area (Å²) >= 11 is 7.55. The fourth-order valence-electron chi connectivity index (χ4n) is 2.85. The van der Waals surface area contributed by atoms with E-state index in [0.717, 1.165) is 11.8 Å². The number of rotatable bonds is 0. The summed E-state index contributed by atoms with van der Waals surface area (Å²) in [5.41, 5.74) is 0. The molecule has 0 aromatic rings. The van der Waals surface area contributed by atoms with Crippen molar-refractivity contribution in [2.45, 2.75) is 48.2 Å². The second-order valence-electron chi connectivity index (χ2n) is 4.42. The molecule has 12 heavy (non-hydrogen) atoms. The van der Waals surface area contributed by atoms with Crippen molar-refractivity contribution in [3.8, 4) is 0 Å². The summed E-state index contributed by atoms with van der Waals surface area (Å²) < 4.78 is 0.298. The van der Waals surface area contributed by atoms with Crippen molar-refractivity contribution < 1.29 is 0 Å². The molecule has 2 heteroatoms. The van der Waals surface area contributed by atoms with Crippen LogP contribution in [0.2, 0.25) is 0 Å². The highest BCUT2D eigenvalue weighted by Crippen LogP contribution is 2.53. The molecule has 2 saturated carbocycles. The molecule has 0 N–H and O–H groups in total.